The summed E-state index contributed by atoms with van der Waals surface area (Å²) in [7, 11) is 0. The van der Waals surface area contributed by atoms with Gasteiger partial charge in [0, 0.05) is 6.07 Å². The van der Waals surface area contributed by atoms with Crippen LogP contribution in [0.5, 0.6) is 0 Å². The third-order valence-electron chi connectivity index (χ3n) is 2.66. The second kappa shape index (κ2) is 5.51. The number of hydrogen-bond acceptors (Lipinski definition) is 2. The molecule has 0 aliphatic carbocycles. The lowest BCUT2D eigenvalue weighted by atomic mass is 10.1. The van der Waals surface area contributed by atoms with Gasteiger partial charge in [-0.25, -0.2) is 8.78 Å². The van der Waals surface area contributed by atoms with Crippen molar-refractivity contribution >= 4 is 33.0 Å². The third-order valence-corrected chi connectivity index (χ3v) is 3.26. The highest BCUT2D eigenvalue weighted by Crippen LogP contribution is 2.34. The first kappa shape index (κ1) is 15.6. The van der Waals surface area contributed by atoms with E-state index in [1.807, 2.05) is 0 Å². The molecule has 2 rings (SSSR count). The maximum Gasteiger partial charge on any atom is 0.416 e. The van der Waals surface area contributed by atoms with E-state index < -0.39 is 29.1 Å². The van der Waals surface area contributed by atoms with Gasteiger partial charge in [-0.1, -0.05) is 0 Å². The van der Waals surface area contributed by atoms with E-state index in [-0.39, 0.29) is 15.8 Å². The maximum atomic E-state index is 13.6. The summed E-state index contributed by atoms with van der Waals surface area (Å²) in [5.41, 5.74) is 4.15. The van der Waals surface area contributed by atoms with Gasteiger partial charge in [-0.3, -0.25) is 0 Å². The molecule has 2 nitrogen and oxygen atoms in total. The Morgan fingerprint density at radius 3 is 2.24 bits per heavy atom. The Balaban J connectivity index is 2.42. The van der Waals surface area contributed by atoms with Gasteiger partial charge in [0.05, 0.1) is 27.1 Å². The van der Waals surface area contributed by atoms with Gasteiger partial charge in [0.15, 0.2) is 0 Å². The van der Waals surface area contributed by atoms with Crippen LogP contribution in [-0.2, 0) is 6.18 Å². The molecule has 0 unspecified atom stereocenters. The molecular formula is C13H8BrF5N2. The second-order valence-corrected chi connectivity index (χ2v) is 5.03. The normalized spacial score (nSPS) is 11.5. The largest absolute Gasteiger partial charge is 0.416 e. The number of nitrogen functional groups attached to an aromatic ring is 1. The van der Waals surface area contributed by atoms with Crippen LogP contribution in [-0.4, -0.2) is 0 Å². The Bertz CT molecular complexity index is 685. The molecule has 2 aromatic carbocycles. The van der Waals surface area contributed by atoms with Crippen molar-refractivity contribution in [2.45, 2.75) is 6.18 Å². The molecule has 21 heavy (non-hydrogen) atoms. The van der Waals surface area contributed by atoms with Crippen LogP contribution >= 0.6 is 15.9 Å². The summed E-state index contributed by atoms with van der Waals surface area (Å²) in [6.45, 7) is 0. The smallest absolute Gasteiger partial charge is 0.397 e. The average Bonchev–Trinajstić information content (AvgIpc) is 2.37. The van der Waals surface area contributed by atoms with Gasteiger partial charge in [0.1, 0.15) is 11.6 Å². The van der Waals surface area contributed by atoms with Crippen LogP contribution in [0, 0.1) is 11.6 Å². The van der Waals surface area contributed by atoms with Crippen LogP contribution in [0.15, 0.2) is 34.8 Å². The predicted octanol–water partition coefficient (Wildman–Crippen LogP) is 5.07. The van der Waals surface area contributed by atoms with E-state index in [2.05, 4.69) is 21.2 Å². The molecule has 0 bridgehead atoms. The fraction of sp³-hybridized carbons (Fsp3) is 0.0769. The lowest BCUT2D eigenvalue weighted by molar-refractivity contribution is -0.137. The highest BCUT2D eigenvalue weighted by atomic mass is 79.9. The summed E-state index contributed by atoms with van der Waals surface area (Å²) >= 11 is 2.91. The summed E-state index contributed by atoms with van der Waals surface area (Å²) in [5, 5.41) is 2.42. The number of benzene rings is 2. The van der Waals surface area contributed by atoms with E-state index in [4.69, 9.17) is 5.73 Å². The summed E-state index contributed by atoms with van der Waals surface area (Å²) in [5.74, 6) is -1.52. The van der Waals surface area contributed by atoms with Crippen LogP contribution in [0.25, 0.3) is 0 Å². The van der Waals surface area contributed by atoms with Crippen molar-refractivity contribution in [3.63, 3.8) is 0 Å². The van der Waals surface area contributed by atoms with Gasteiger partial charge in [0.25, 0.3) is 0 Å². The number of rotatable bonds is 2. The SMILES string of the molecule is Nc1cc(F)c(Br)cc1Nc1cc(C(F)(F)F)ccc1F. The van der Waals surface area contributed by atoms with E-state index in [0.29, 0.717) is 18.2 Å². The molecule has 0 heterocycles. The molecule has 3 N–H and O–H groups in total. The van der Waals surface area contributed by atoms with Crippen LogP contribution in [0.4, 0.5) is 39.0 Å². The quantitative estimate of drug-likeness (QED) is 0.575. The Morgan fingerprint density at radius 1 is 0.952 bits per heavy atom. The third kappa shape index (κ3) is 3.44. The first-order valence-electron chi connectivity index (χ1n) is 5.57. The molecule has 2 aromatic rings. The highest BCUT2D eigenvalue weighted by Gasteiger charge is 2.31. The number of halogens is 6. The van der Waals surface area contributed by atoms with Gasteiger partial charge in [-0.15, -0.1) is 0 Å². The van der Waals surface area contributed by atoms with E-state index in [1.54, 1.807) is 0 Å². The molecular weight excluding hydrogens is 359 g/mol. The van der Waals surface area contributed by atoms with Gasteiger partial charge >= 0.3 is 6.18 Å². The molecule has 8 heteroatoms. The van der Waals surface area contributed by atoms with E-state index in [1.165, 1.54) is 6.07 Å². The number of alkyl halides is 3. The topological polar surface area (TPSA) is 38.0 Å². The number of nitrogens with one attached hydrogen (secondary N) is 1. The second-order valence-electron chi connectivity index (χ2n) is 4.17. The minimum atomic E-state index is -4.60. The minimum Gasteiger partial charge on any atom is -0.397 e. The van der Waals surface area contributed by atoms with Gasteiger partial charge < -0.3 is 11.1 Å². The van der Waals surface area contributed by atoms with Gasteiger partial charge in [0.2, 0.25) is 0 Å². The fourth-order valence-electron chi connectivity index (χ4n) is 1.61. The van der Waals surface area contributed by atoms with E-state index in [9.17, 15) is 22.0 Å². The predicted molar refractivity (Wildman–Crippen MR) is 73.2 cm³/mol. The fourth-order valence-corrected chi connectivity index (χ4v) is 1.96. The molecule has 0 aliphatic rings. The first-order chi connectivity index (χ1) is 9.68. The van der Waals surface area contributed by atoms with E-state index >= 15 is 0 Å². The van der Waals surface area contributed by atoms with Crippen LogP contribution < -0.4 is 11.1 Å². The number of hydrogen-bond donors (Lipinski definition) is 2. The highest BCUT2D eigenvalue weighted by molar-refractivity contribution is 9.10. The zero-order chi connectivity index (χ0) is 15.8. The summed E-state index contributed by atoms with van der Waals surface area (Å²) in [4.78, 5) is 0. The first-order valence-corrected chi connectivity index (χ1v) is 6.36. The molecule has 0 fully saturated rings. The summed E-state index contributed by atoms with van der Waals surface area (Å²) < 4.78 is 64.7. The van der Waals surface area contributed by atoms with Gasteiger partial charge in [-0.2, -0.15) is 13.2 Å². The van der Waals surface area contributed by atoms with Crippen molar-refractivity contribution < 1.29 is 22.0 Å². The molecule has 0 amide bonds. The maximum absolute atomic E-state index is 13.6. The lowest BCUT2D eigenvalue weighted by Crippen LogP contribution is -2.07. The standard InChI is InChI=1S/C13H8BrF5N2/c14-7-4-12(10(20)5-9(7)16)21-11-3-6(13(17,18)19)1-2-8(11)15/h1-5,21H,20H2. The minimum absolute atomic E-state index is 0.0478. The van der Waals surface area contributed by atoms with Crippen molar-refractivity contribution in [2.75, 3.05) is 11.1 Å². The molecule has 0 radical (unpaired) electrons. The molecule has 0 atom stereocenters. The van der Waals surface area contributed by atoms with Crippen molar-refractivity contribution in [2.24, 2.45) is 0 Å². The number of anilines is 3. The average molecular weight is 367 g/mol. The molecule has 0 aromatic heterocycles. The molecule has 0 saturated heterocycles. The Hall–Kier alpha value is -1.83. The lowest BCUT2D eigenvalue weighted by Gasteiger charge is -2.13. The summed E-state index contributed by atoms with van der Waals surface area (Å²) in [6, 6.07) is 4.12. The van der Waals surface area contributed by atoms with Crippen molar-refractivity contribution in [1.82, 2.24) is 0 Å². The van der Waals surface area contributed by atoms with Crippen LogP contribution in [0.3, 0.4) is 0 Å². The zero-order valence-electron chi connectivity index (χ0n) is 10.2. The molecule has 0 saturated carbocycles. The van der Waals surface area contributed by atoms with Gasteiger partial charge in [-0.05, 0) is 40.2 Å². The van der Waals surface area contributed by atoms with Crippen molar-refractivity contribution in [3.8, 4) is 0 Å². The zero-order valence-corrected chi connectivity index (χ0v) is 11.8. The Labute approximate surface area is 124 Å². The monoisotopic (exact) mass is 366 g/mol. The molecule has 0 aliphatic heterocycles. The molecule has 0 spiro atoms. The molecule has 112 valence electrons. The van der Waals surface area contributed by atoms with E-state index in [0.717, 1.165) is 6.07 Å². The Morgan fingerprint density at radius 2 is 1.62 bits per heavy atom. The summed E-state index contributed by atoms with van der Waals surface area (Å²) in [6.07, 6.45) is -4.60. The van der Waals surface area contributed by atoms with Crippen molar-refractivity contribution in [1.29, 1.82) is 0 Å². The van der Waals surface area contributed by atoms with Crippen LogP contribution in [0.2, 0.25) is 0 Å². The van der Waals surface area contributed by atoms with Crippen LogP contribution in [0.1, 0.15) is 5.56 Å². The van der Waals surface area contributed by atoms with Crippen molar-refractivity contribution in [3.05, 3.63) is 52.0 Å². The number of nitrogens with two attached hydrogens (primary N) is 1. The Kier molecular flexibility index (Phi) is 4.08.